The summed E-state index contributed by atoms with van der Waals surface area (Å²) in [7, 11) is 0. The van der Waals surface area contributed by atoms with Gasteiger partial charge in [-0.1, -0.05) is 77.6 Å². The fourth-order valence-corrected chi connectivity index (χ4v) is 2.83. The van der Waals surface area contributed by atoms with Crippen LogP contribution in [-0.4, -0.2) is 29.3 Å². The van der Waals surface area contributed by atoms with Crippen LogP contribution in [0.1, 0.15) is 84.0 Å². The van der Waals surface area contributed by atoms with Crippen LogP contribution in [-0.2, 0) is 9.53 Å². The zero-order chi connectivity index (χ0) is 15.5. The standard InChI is InChI=1S/C17H33NO3/c1-2-3-4-5-6-7-8-9-10-11-12-13-14(19)15-16(21-15)17(18)20/h14-16,19H,2-13H2,1H3,(H2,18,20)/t14?,15-,16-/m0/s1. The highest BCUT2D eigenvalue weighted by Gasteiger charge is 2.48. The Morgan fingerprint density at radius 1 is 1.00 bits per heavy atom. The summed E-state index contributed by atoms with van der Waals surface area (Å²) < 4.78 is 5.07. The minimum absolute atomic E-state index is 0.342. The summed E-state index contributed by atoms with van der Waals surface area (Å²) in [4.78, 5) is 10.8. The molecule has 0 aromatic heterocycles. The first kappa shape index (κ1) is 18.4. The number of rotatable bonds is 14. The SMILES string of the molecule is CCCCCCCCCCCCCC(O)[C@@H]1O[C@@H]1C(N)=O. The van der Waals surface area contributed by atoms with E-state index in [-0.39, 0.29) is 6.10 Å². The van der Waals surface area contributed by atoms with Crippen LogP contribution in [0.2, 0.25) is 0 Å². The maximum atomic E-state index is 10.8. The van der Waals surface area contributed by atoms with Crippen molar-refractivity contribution in [3.8, 4) is 0 Å². The molecule has 4 heteroatoms. The number of carbonyl (C=O) groups is 1. The molecule has 0 aromatic carbocycles. The summed E-state index contributed by atoms with van der Waals surface area (Å²) >= 11 is 0. The van der Waals surface area contributed by atoms with E-state index in [1.807, 2.05) is 0 Å². The van der Waals surface area contributed by atoms with Crippen LogP contribution in [0.5, 0.6) is 0 Å². The number of amides is 1. The van der Waals surface area contributed by atoms with E-state index in [1.54, 1.807) is 0 Å². The number of unbranched alkanes of at least 4 members (excludes halogenated alkanes) is 10. The van der Waals surface area contributed by atoms with Crippen LogP contribution in [0.4, 0.5) is 0 Å². The number of nitrogens with two attached hydrogens (primary N) is 1. The van der Waals surface area contributed by atoms with Gasteiger partial charge in [-0.15, -0.1) is 0 Å². The summed E-state index contributed by atoms with van der Waals surface area (Å²) in [5.74, 6) is -0.460. The first-order valence-electron chi connectivity index (χ1n) is 8.79. The lowest BCUT2D eigenvalue weighted by atomic mass is 10.0. The molecule has 0 bridgehead atoms. The number of primary amides is 1. The maximum Gasteiger partial charge on any atom is 0.249 e. The average Bonchev–Trinajstić information content (AvgIpc) is 3.25. The van der Waals surface area contributed by atoms with E-state index in [4.69, 9.17) is 10.5 Å². The van der Waals surface area contributed by atoms with Gasteiger partial charge in [-0.2, -0.15) is 0 Å². The Morgan fingerprint density at radius 3 is 1.90 bits per heavy atom. The van der Waals surface area contributed by atoms with Crippen LogP contribution in [0.25, 0.3) is 0 Å². The zero-order valence-electron chi connectivity index (χ0n) is 13.6. The number of aliphatic hydroxyl groups excluding tert-OH is 1. The van der Waals surface area contributed by atoms with Crippen LogP contribution >= 0.6 is 0 Å². The van der Waals surface area contributed by atoms with E-state index >= 15 is 0 Å². The van der Waals surface area contributed by atoms with E-state index in [0.29, 0.717) is 6.42 Å². The molecule has 3 atom stereocenters. The van der Waals surface area contributed by atoms with Gasteiger partial charge in [0, 0.05) is 0 Å². The van der Waals surface area contributed by atoms with Crippen LogP contribution in [0.3, 0.4) is 0 Å². The molecule has 1 fully saturated rings. The molecule has 4 nitrogen and oxygen atoms in total. The monoisotopic (exact) mass is 299 g/mol. The number of hydrogen-bond donors (Lipinski definition) is 2. The Hall–Kier alpha value is -0.610. The number of epoxide rings is 1. The van der Waals surface area contributed by atoms with E-state index < -0.39 is 18.1 Å². The first-order valence-corrected chi connectivity index (χ1v) is 8.79. The number of aliphatic hydroxyl groups is 1. The van der Waals surface area contributed by atoms with Crippen LogP contribution in [0, 0.1) is 0 Å². The second-order valence-corrected chi connectivity index (χ2v) is 6.32. The van der Waals surface area contributed by atoms with E-state index in [1.165, 1.54) is 57.8 Å². The zero-order valence-corrected chi connectivity index (χ0v) is 13.6. The van der Waals surface area contributed by atoms with Crippen molar-refractivity contribution in [2.24, 2.45) is 5.73 Å². The van der Waals surface area contributed by atoms with E-state index in [2.05, 4.69) is 6.92 Å². The molecule has 0 radical (unpaired) electrons. The Morgan fingerprint density at radius 2 is 1.48 bits per heavy atom. The highest BCUT2D eigenvalue weighted by molar-refractivity contribution is 5.81. The predicted octanol–water partition coefficient (Wildman–Crippen LogP) is 3.30. The number of carbonyl (C=O) groups excluding carboxylic acids is 1. The quantitative estimate of drug-likeness (QED) is 0.382. The van der Waals surface area contributed by atoms with Crippen molar-refractivity contribution in [2.75, 3.05) is 0 Å². The first-order chi connectivity index (χ1) is 10.2. The lowest BCUT2D eigenvalue weighted by Gasteiger charge is -2.07. The minimum atomic E-state index is -0.548. The third kappa shape index (κ3) is 8.42. The van der Waals surface area contributed by atoms with Gasteiger partial charge in [0.15, 0.2) is 6.10 Å². The second-order valence-electron chi connectivity index (χ2n) is 6.32. The molecule has 21 heavy (non-hydrogen) atoms. The van der Waals surface area contributed by atoms with Gasteiger partial charge in [0.05, 0.1) is 6.10 Å². The largest absolute Gasteiger partial charge is 0.390 e. The van der Waals surface area contributed by atoms with Gasteiger partial charge < -0.3 is 15.6 Å². The molecular formula is C17H33NO3. The van der Waals surface area contributed by atoms with Gasteiger partial charge in [0.25, 0.3) is 0 Å². The maximum absolute atomic E-state index is 10.8. The Bertz CT molecular complexity index is 283. The van der Waals surface area contributed by atoms with Gasteiger partial charge in [-0.25, -0.2) is 0 Å². The van der Waals surface area contributed by atoms with Crippen molar-refractivity contribution >= 4 is 5.91 Å². The van der Waals surface area contributed by atoms with Crippen molar-refractivity contribution < 1.29 is 14.6 Å². The molecule has 0 spiro atoms. The molecule has 0 aromatic rings. The predicted molar refractivity (Wildman–Crippen MR) is 84.9 cm³/mol. The van der Waals surface area contributed by atoms with Gasteiger partial charge in [0.1, 0.15) is 6.10 Å². The minimum Gasteiger partial charge on any atom is -0.390 e. The molecule has 124 valence electrons. The molecule has 1 aliphatic heterocycles. The molecule has 3 N–H and O–H groups in total. The smallest absolute Gasteiger partial charge is 0.249 e. The summed E-state index contributed by atoms with van der Waals surface area (Å²) in [5.41, 5.74) is 5.11. The van der Waals surface area contributed by atoms with Crippen molar-refractivity contribution in [3.05, 3.63) is 0 Å². The molecule has 0 saturated carbocycles. The topological polar surface area (TPSA) is 75.8 Å². The summed E-state index contributed by atoms with van der Waals surface area (Å²) in [6.07, 6.45) is 13.6. The summed E-state index contributed by atoms with van der Waals surface area (Å²) in [5, 5.41) is 9.82. The van der Waals surface area contributed by atoms with Crippen LogP contribution in [0.15, 0.2) is 0 Å². The highest BCUT2D eigenvalue weighted by Crippen LogP contribution is 2.27. The molecule has 1 rings (SSSR count). The van der Waals surface area contributed by atoms with Gasteiger partial charge >= 0.3 is 0 Å². The Labute approximate surface area is 129 Å². The van der Waals surface area contributed by atoms with Crippen molar-refractivity contribution in [1.82, 2.24) is 0 Å². The molecule has 1 heterocycles. The molecule has 0 aliphatic carbocycles. The molecule has 1 aliphatic rings. The molecule has 1 amide bonds. The molecular weight excluding hydrogens is 266 g/mol. The van der Waals surface area contributed by atoms with Crippen molar-refractivity contribution in [3.63, 3.8) is 0 Å². The molecule has 1 unspecified atom stereocenters. The third-order valence-corrected chi connectivity index (χ3v) is 4.29. The van der Waals surface area contributed by atoms with Crippen molar-refractivity contribution in [2.45, 2.75) is 102 Å². The average molecular weight is 299 g/mol. The number of ether oxygens (including phenoxy) is 1. The normalized spacial score (nSPS) is 22.2. The van der Waals surface area contributed by atoms with E-state index in [0.717, 1.165) is 12.8 Å². The fourth-order valence-electron chi connectivity index (χ4n) is 2.83. The van der Waals surface area contributed by atoms with Gasteiger partial charge in [-0.3, -0.25) is 4.79 Å². The van der Waals surface area contributed by atoms with Crippen LogP contribution < -0.4 is 5.73 Å². The highest BCUT2D eigenvalue weighted by atomic mass is 16.6. The Balaban J connectivity index is 1.80. The number of hydrogen-bond acceptors (Lipinski definition) is 3. The van der Waals surface area contributed by atoms with Gasteiger partial charge in [-0.05, 0) is 6.42 Å². The summed E-state index contributed by atoms with van der Waals surface area (Å²) in [6, 6.07) is 0. The van der Waals surface area contributed by atoms with E-state index in [9.17, 15) is 9.90 Å². The lowest BCUT2D eigenvalue weighted by molar-refractivity contribution is -0.119. The van der Waals surface area contributed by atoms with Crippen molar-refractivity contribution in [1.29, 1.82) is 0 Å². The Kier molecular flexibility index (Phi) is 9.68. The third-order valence-electron chi connectivity index (χ3n) is 4.29. The van der Waals surface area contributed by atoms with Gasteiger partial charge in [0.2, 0.25) is 5.91 Å². The molecule has 1 saturated heterocycles. The lowest BCUT2D eigenvalue weighted by Crippen LogP contribution is -2.25. The fraction of sp³-hybridized carbons (Fsp3) is 0.941. The second kappa shape index (κ2) is 11.0. The summed E-state index contributed by atoms with van der Waals surface area (Å²) in [6.45, 7) is 2.25.